The van der Waals surface area contributed by atoms with Crippen molar-refractivity contribution < 1.29 is 9.90 Å². The maximum atomic E-state index is 11.1. The van der Waals surface area contributed by atoms with Gasteiger partial charge in [-0.2, -0.15) is 0 Å². The first-order valence-electron chi connectivity index (χ1n) is 8.08. The van der Waals surface area contributed by atoms with E-state index in [4.69, 9.17) is 5.73 Å². The predicted molar refractivity (Wildman–Crippen MR) is 87.5 cm³/mol. The summed E-state index contributed by atoms with van der Waals surface area (Å²) in [4.78, 5) is 15.6. The number of benzene rings is 1. The Balaban J connectivity index is 1.80. The number of amides is 1. The molecule has 0 bridgehead atoms. The van der Waals surface area contributed by atoms with Gasteiger partial charge in [-0.25, -0.2) is 0 Å². The summed E-state index contributed by atoms with van der Waals surface area (Å²) in [6.07, 6.45) is 2.94. The minimum absolute atomic E-state index is 0.185. The lowest BCUT2D eigenvalue weighted by Gasteiger charge is -2.41. The monoisotopic (exact) mass is 305 g/mol. The summed E-state index contributed by atoms with van der Waals surface area (Å²) in [6, 6.07) is 10.8. The zero-order valence-corrected chi connectivity index (χ0v) is 13.2. The Hall–Kier alpha value is -1.43. The largest absolute Gasteiger partial charge is 0.396 e. The van der Waals surface area contributed by atoms with E-state index in [2.05, 4.69) is 34.1 Å². The Morgan fingerprint density at radius 3 is 2.73 bits per heavy atom. The van der Waals surface area contributed by atoms with Crippen molar-refractivity contribution in [3.8, 4) is 0 Å². The lowest BCUT2D eigenvalue weighted by Crippen LogP contribution is -2.55. The molecule has 0 spiro atoms. The van der Waals surface area contributed by atoms with E-state index >= 15 is 0 Å². The molecule has 0 unspecified atom stereocenters. The van der Waals surface area contributed by atoms with E-state index in [0.717, 1.165) is 45.4 Å². The minimum Gasteiger partial charge on any atom is -0.396 e. The van der Waals surface area contributed by atoms with E-state index in [1.54, 1.807) is 0 Å². The number of hydrogen-bond donors (Lipinski definition) is 2. The molecular formula is C17H27N3O2. The first-order chi connectivity index (χ1) is 10.7. The van der Waals surface area contributed by atoms with Crippen LogP contribution in [0.3, 0.4) is 0 Å². The van der Waals surface area contributed by atoms with E-state index < -0.39 is 0 Å². The summed E-state index contributed by atoms with van der Waals surface area (Å²) in [6.45, 7) is 4.16. The molecule has 1 fully saturated rings. The van der Waals surface area contributed by atoms with Crippen molar-refractivity contribution in [2.24, 2.45) is 5.73 Å². The number of rotatable bonds is 8. The van der Waals surface area contributed by atoms with Gasteiger partial charge >= 0.3 is 0 Å². The van der Waals surface area contributed by atoms with Gasteiger partial charge in [-0.15, -0.1) is 0 Å². The van der Waals surface area contributed by atoms with Crippen LogP contribution in [-0.4, -0.2) is 66.2 Å². The predicted octanol–water partition coefficient (Wildman–Crippen LogP) is 0.473. The van der Waals surface area contributed by atoms with Crippen LogP contribution < -0.4 is 5.73 Å². The smallest absolute Gasteiger partial charge is 0.231 e. The van der Waals surface area contributed by atoms with Crippen LogP contribution in [0.1, 0.15) is 18.4 Å². The van der Waals surface area contributed by atoms with Gasteiger partial charge in [-0.1, -0.05) is 30.3 Å². The summed E-state index contributed by atoms with van der Waals surface area (Å²) >= 11 is 0. The van der Waals surface area contributed by atoms with Crippen LogP contribution >= 0.6 is 0 Å². The van der Waals surface area contributed by atoms with Crippen molar-refractivity contribution in [1.29, 1.82) is 0 Å². The van der Waals surface area contributed by atoms with Crippen molar-refractivity contribution in [2.75, 3.05) is 39.3 Å². The summed E-state index contributed by atoms with van der Waals surface area (Å²) in [5.41, 5.74) is 6.65. The normalized spacial score (nSPS) is 20.1. The molecule has 1 aromatic carbocycles. The van der Waals surface area contributed by atoms with Gasteiger partial charge in [-0.05, 0) is 31.4 Å². The van der Waals surface area contributed by atoms with Gasteiger partial charge in [0.15, 0.2) is 0 Å². The molecule has 0 radical (unpaired) electrons. The van der Waals surface area contributed by atoms with Gasteiger partial charge in [0, 0.05) is 32.3 Å². The van der Waals surface area contributed by atoms with Crippen molar-refractivity contribution in [3.05, 3.63) is 35.9 Å². The zero-order valence-electron chi connectivity index (χ0n) is 13.2. The van der Waals surface area contributed by atoms with Crippen molar-refractivity contribution in [3.63, 3.8) is 0 Å². The first kappa shape index (κ1) is 16.9. The number of hydrogen-bond acceptors (Lipinski definition) is 4. The molecule has 1 saturated heterocycles. The Kier molecular flexibility index (Phi) is 6.83. The van der Waals surface area contributed by atoms with Gasteiger partial charge < -0.3 is 10.8 Å². The molecule has 1 aliphatic heterocycles. The maximum absolute atomic E-state index is 11.1. The maximum Gasteiger partial charge on any atom is 0.231 e. The fourth-order valence-corrected chi connectivity index (χ4v) is 3.17. The molecule has 5 heteroatoms. The number of aliphatic hydroxyl groups is 1. The van der Waals surface area contributed by atoms with Gasteiger partial charge in [0.1, 0.15) is 0 Å². The second kappa shape index (κ2) is 8.88. The summed E-state index contributed by atoms with van der Waals surface area (Å²) in [7, 11) is 0. The molecule has 1 aromatic rings. The number of piperazine rings is 1. The number of aryl methyl sites for hydroxylation is 1. The quantitative estimate of drug-likeness (QED) is 0.733. The number of carbonyl (C=O) groups excluding carboxylic acids is 1. The highest BCUT2D eigenvalue weighted by Gasteiger charge is 2.26. The number of primary amides is 1. The van der Waals surface area contributed by atoms with Gasteiger partial charge in [0.25, 0.3) is 0 Å². The zero-order chi connectivity index (χ0) is 15.8. The Bertz CT molecular complexity index is 452. The Morgan fingerprint density at radius 1 is 1.27 bits per heavy atom. The molecule has 0 aliphatic carbocycles. The highest BCUT2D eigenvalue weighted by molar-refractivity contribution is 5.75. The third-order valence-corrected chi connectivity index (χ3v) is 4.28. The summed E-state index contributed by atoms with van der Waals surface area (Å²) < 4.78 is 0. The average molecular weight is 305 g/mol. The number of aliphatic hydroxyl groups excluding tert-OH is 1. The third kappa shape index (κ3) is 5.40. The van der Waals surface area contributed by atoms with Crippen LogP contribution in [-0.2, 0) is 11.2 Å². The van der Waals surface area contributed by atoms with E-state index in [0.29, 0.717) is 12.6 Å². The summed E-state index contributed by atoms with van der Waals surface area (Å²) in [5.74, 6) is -0.278. The summed E-state index contributed by atoms with van der Waals surface area (Å²) in [5, 5.41) is 9.27. The molecule has 122 valence electrons. The lowest BCUT2D eigenvalue weighted by atomic mass is 10.1. The third-order valence-electron chi connectivity index (χ3n) is 4.28. The van der Waals surface area contributed by atoms with Crippen LogP contribution in [0.15, 0.2) is 30.3 Å². The molecule has 1 amide bonds. The van der Waals surface area contributed by atoms with Crippen molar-refractivity contribution in [2.45, 2.75) is 25.3 Å². The van der Waals surface area contributed by atoms with Crippen LogP contribution in [0, 0.1) is 0 Å². The molecule has 1 atom stereocenters. The van der Waals surface area contributed by atoms with Crippen LogP contribution in [0.4, 0.5) is 0 Å². The molecule has 22 heavy (non-hydrogen) atoms. The molecule has 0 aromatic heterocycles. The fraction of sp³-hybridized carbons (Fsp3) is 0.588. The SMILES string of the molecule is NC(=O)CN1CCN(CCCc2ccccc2)[C@H](CCO)C1. The van der Waals surface area contributed by atoms with E-state index in [9.17, 15) is 9.90 Å². The Labute approximate surface area is 132 Å². The number of carbonyl (C=O) groups is 1. The average Bonchev–Trinajstić information content (AvgIpc) is 2.50. The molecule has 1 heterocycles. The van der Waals surface area contributed by atoms with Crippen LogP contribution in [0.5, 0.6) is 0 Å². The standard InChI is InChI=1S/C17H27N3O2/c18-17(22)14-19-10-11-20(16(13-19)8-12-21)9-4-7-15-5-2-1-3-6-15/h1-3,5-6,16,21H,4,7-14H2,(H2,18,22)/t16-/m1/s1. The van der Waals surface area contributed by atoms with Gasteiger partial charge in [-0.3, -0.25) is 14.6 Å². The highest BCUT2D eigenvalue weighted by Crippen LogP contribution is 2.14. The van der Waals surface area contributed by atoms with E-state index in [-0.39, 0.29) is 12.5 Å². The molecule has 5 nitrogen and oxygen atoms in total. The number of nitrogens with zero attached hydrogens (tertiary/aromatic N) is 2. The second-order valence-corrected chi connectivity index (χ2v) is 5.99. The highest BCUT2D eigenvalue weighted by atomic mass is 16.3. The second-order valence-electron chi connectivity index (χ2n) is 5.99. The van der Waals surface area contributed by atoms with Gasteiger partial charge in [0.05, 0.1) is 6.54 Å². The topological polar surface area (TPSA) is 69.8 Å². The minimum atomic E-state index is -0.278. The molecular weight excluding hydrogens is 278 g/mol. The van der Waals surface area contributed by atoms with Crippen molar-refractivity contribution >= 4 is 5.91 Å². The molecule has 3 N–H and O–H groups in total. The molecule has 0 saturated carbocycles. The van der Waals surface area contributed by atoms with Gasteiger partial charge in [0.2, 0.25) is 5.91 Å². The number of nitrogens with two attached hydrogens (primary N) is 1. The first-order valence-corrected chi connectivity index (χ1v) is 8.08. The van der Waals surface area contributed by atoms with Crippen LogP contribution in [0.25, 0.3) is 0 Å². The lowest BCUT2D eigenvalue weighted by molar-refractivity contribution is -0.119. The van der Waals surface area contributed by atoms with E-state index in [1.807, 2.05) is 6.07 Å². The fourth-order valence-electron chi connectivity index (χ4n) is 3.17. The molecule has 2 rings (SSSR count). The van der Waals surface area contributed by atoms with Crippen LogP contribution in [0.2, 0.25) is 0 Å². The van der Waals surface area contributed by atoms with Crippen molar-refractivity contribution in [1.82, 2.24) is 9.80 Å². The van der Waals surface area contributed by atoms with E-state index in [1.165, 1.54) is 5.56 Å². The molecule has 1 aliphatic rings. The Morgan fingerprint density at radius 2 is 2.05 bits per heavy atom.